The van der Waals surface area contributed by atoms with Crippen LogP contribution in [0.3, 0.4) is 0 Å². The third-order valence-electron chi connectivity index (χ3n) is 3.40. The van der Waals surface area contributed by atoms with Gasteiger partial charge in [-0.05, 0) is 46.5 Å². The maximum absolute atomic E-state index is 12.1. The fraction of sp³-hybridized carbons (Fsp3) is 0.733. The van der Waals surface area contributed by atoms with Crippen LogP contribution in [0, 0.1) is 12.8 Å². The lowest BCUT2D eigenvalue weighted by molar-refractivity contribution is 0.0157. The molecule has 0 N–H and O–H groups in total. The molecule has 0 aliphatic carbocycles. The average molecular weight is 279 g/mol. The summed E-state index contributed by atoms with van der Waals surface area (Å²) in [5.41, 5.74) is 0.607. The van der Waals surface area contributed by atoms with E-state index in [1.807, 2.05) is 45.1 Å². The maximum Gasteiger partial charge on any atom is 0.410 e. The highest BCUT2D eigenvalue weighted by molar-refractivity contribution is 5.68. The molecular formula is C15H25N3O2. The molecule has 2 heterocycles. The Morgan fingerprint density at radius 2 is 2.25 bits per heavy atom. The number of ether oxygens (including phenoxy) is 1. The van der Waals surface area contributed by atoms with Gasteiger partial charge in [0, 0.05) is 25.8 Å². The normalized spacial score (nSPS) is 20.0. The summed E-state index contributed by atoms with van der Waals surface area (Å²) in [6.45, 7) is 10.2. The quantitative estimate of drug-likeness (QED) is 0.836. The third kappa shape index (κ3) is 4.25. The monoisotopic (exact) mass is 279 g/mol. The first-order chi connectivity index (χ1) is 9.33. The molecule has 2 rings (SSSR count). The fourth-order valence-electron chi connectivity index (χ4n) is 2.58. The van der Waals surface area contributed by atoms with Crippen molar-refractivity contribution in [3.63, 3.8) is 0 Å². The van der Waals surface area contributed by atoms with Gasteiger partial charge in [0.1, 0.15) is 5.60 Å². The molecule has 20 heavy (non-hydrogen) atoms. The molecular weight excluding hydrogens is 254 g/mol. The van der Waals surface area contributed by atoms with Crippen molar-refractivity contribution >= 4 is 6.09 Å². The summed E-state index contributed by atoms with van der Waals surface area (Å²) in [5.74, 6) is 0.477. The van der Waals surface area contributed by atoms with Gasteiger partial charge in [0.2, 0.25) is 0 Å². The highest BCUT2D eigenvalue weighted by Crippen LogP contribution is 2.20. The number of amides is 1. The SMILES string of the molecule is Cc1cn(CC2CCCN(C(=O)OC(C)(C)C)C2)cn1. The molecule has 1 atom stereocenters. The van der Waals surface area contributed by atoms with E-state index < -0.39 is 5.60 Å². The van der Waals surface area contributed by atoms with Gasteiger partial charge < -0.3 is 14.2 Å². The van der Waals surface area contributed by atoms with Gasteiger partial charge in [-0.1, -0.05) is 0 Å². The van der Waals surface area contributed by atoms with Crippen molar-refractivity contribution in [1.29, 1.82) is 0 Å². The van der Waals surface area contributed by atoms with Crippen molar-refractivity contribution in [2.24, 2.45) is 5.92 Å². The van der Waals surface area contributed by atoms with E-state index in [2.05, 4.69) is 9.55 Å². The van der Waals surface area contributed by atoms with Crippen LogP contribution in [0.2, 0.25) is 0 Å². The van der Waals surface area contributed by atoms with Crippen molar-refractivity contribution < 1.29 is 9.53 Å². The predicted octanol–water partition coefficient (Wildman–Crippen LogP) is 2.84. The number of likely N-dealkylation sites (tertiary alicyclic amines) is 1. The van der Waals surface area contributed by atoms with Crippen LogP contribution in [0.5, 0.6) is 0 Å². The van der Waals surface area contributed by atoms with Crippen molar-refractivity contribution in [3.05, 3.63) is 18.2 Å². The molecule has 1 amide bonds. The summed E-state index contributed by atoms with van der Waals surface area (Å²) in [6.07, 6.45) is 5.91. The van der Waals surface area contributed by atoms with Crippen LogP contribution in [0.25, 0.3) is 0 Å². The lowest BCUT2D eigenvalue weighted by Crippen LogP contribution is -2.43. The minimum Gasteiger partial charge on any atom is -0.444 e. The van der Waals surface area contributed by atoms with Gasteiger partial charge in [0.15, 0.2) is 0 Å². The smallest absolute Gasteiger partial charge is 0.410 e. The molecule has 0 radical (unpaired) electrons. The topological polar surface area (TPSA) is 47.4 Å². The van der Waals surface area contributed by atoms with Crippen LogP contribution in [0.15, 0.2) is 12.5 Å². The molecule has 112 valence electrons. The number of imidazole rings is 1. The third-order valence-corrected chi connectivity index (χ3v) is 3.40. The molecule has 0 bridgehead atoms. The highest BCUT2D eigenvalue weighted by Gasteiger charge is 2.27. The number of aryl methyl sites for hydroxylation is 1. The Hall–Kier alpha value is -1.52. The second-order valence-electron chi connectivity index (χ2n) is 6.65. The van der Waals surface area contributed by atoms with Crippen molar-refractivity contribution in [1.82, 2.24) is 14.5 Å². The number of rotatable bonds is 2. The zero-order valence-corrected chi connectivity index (χ0v) is 12.9. The van der Waals surface area contributed by atoms with E-state index in [1.165, 1.54) is 0 Å². The van der Waals surface area contributed by atoms with Crippen LogP contribution < -0.4 is 0 Å². The molecule has 5 nitrogen and oxygen atoms in total. The Morgan fingerprint density at radius 3 is 2.85 bits per heavy atom. The first-order valence-electron chi connectivity index (χ1n) is 7.30. The molecule has 1 aromatic heterocycles. The van der Waals surface area contributed by atoms with Crippen LogP contribution in [-0.2, 0) is 11.3 Å². The summed E-state index contributed by atoms with van der Waals surface area (Å²) in [4.78, 5) is 18.2. The van der Waals surface area contributed by atoms with E-state index in [0.29, 0.717) is 5.92 Å². The van der Waals surface area contributed by atoms with Gasteiger partial charge in [-0.2, -0.15) is 0 Å². The van der Waals surface area contributed by atoms with Crippen molar-refractivity contribution in [2.75, 3.05) is 13.1 Å². The van der Waals surface area contributed by atoms with Gasteiger partial charge in [0.05, 0.1) is 12.0 Å². The minimum atomic E-state index is -0.425. The van der Waals surface area contributed by atoms with Crippen LogP contribution >= 0.6 is 0 Å². The van der Waals surface area contributed by atoms with Crippen LogP contribution in [0.1, 0.15) is 39.3 Å². The zero-order valence-electron chi connectivity index (χ0n) is 12.9. The van der Waals surface area contributed by atoms with E-state index in [1.54, 1.807) is 0 Å². The number of hydrogen-bond acceptors (Lipinski definition) is 3. The lowest BCUT2D eigenvalue weighted by Gasteiger charge is -2.34. The molecule has 5 heteroatoms. The lowest BCUT2D eigenvalue weighted by atomic mass is 9.98. The second kappa shape index (κ2) is 5.85. The standard InChI is InChI=1S/C15H25N3O2/c1-12-8-17(11-16-12)9-13-6-5-7-18(10-13)14(19)20-15(2,3)4/h8,11,13H,5-7,9-10H2,1-4H3. The summed E-state index contributed by atoms with van der Waals surface area (Å²) in [7, 11) is 0. The number of piperidine rings is 1. The molecule has 1 unspecified atom stereocenters. The maximum atomic E-state index is 12.1. The van der Waals surface area contributed by atoms with E-state index in [-0.39, 0.29) is 6.09 Å². The average Bonchev–Trinajstić information content (AvgIpc) is 2.73. The molecule has 1 aromatic rings. The molecule has 0 saturated carbocycles. The summed E-state index contributed by atoms with van der Waals surface area (Å²) in [5, 5.41) is 0. The predicted molar refractivity (Wildman–Crippen MR) is 77.5 cm³/mol. The molecule has 0 aromatic carbocycles. The second-order valence-corrected chi connectivity index (χ2v) is 6.65. The van der Waals surface area contributed by atoms with Gasteiger partial charge >= 0.3 is 6.09 Å². The Balaban J connectivity index is 1.90. The molecule has 1 fully saturated rings. The highest BCUT2D eigenvalue weighted by atomic mass is 16.6. The van der Waals surface area contributed by atoms with E-state index in [9.17, 15) is 4.79 Å². The Bertz CT molecular complexity index is 462. The van der Waals surface area contributed by atoms with Gasteiger partial charge in [0.25, 0.3) is 0 Å². The van der Waals surface area contributed by atoms with Crippen LogP contribution in [-0.4, -0.2) is 39.2 Å². The number of carbonyl (C=O) groups is 1. The van der Waals surface area contributed by atoms with E-state index in [0.717, 1.165) is 38.2 Å². The zero-order chi connectivity index (χ0) is 14.8. The molecule has 1 aliphatic heterocycles. The number of hydrogen-bond donors (Lipinski definition) is 0. The minimum absolute atomic E-state index is 0.191. The number of aromatic nitrogens is 2. The van der Waals surface area contributed by atoms with Gasteiger partial charge in [-0.15, -0.1) is 0 Å². The summed E-state index contributed by atoms with van der Waals surface area (Å²) < 4.78 is 7.56. The number of nitrogens with zero attached hydrogens (tertiary/aromatic N) is 3. The summed E-state index contributed by atoms with van der Waals surface area (Å²) in [6, 6.07) is 0. The van der Waals surface area contributed by atoms with Crippen molar-refractivity contribution in [3.8, 4) is 0 Å². The van der Waals surface area contributed by atoms with E-state index in [4.69, 9.17) is 4.74 Å². The molecule has 0 spiro atoms. The Morgan fingerprint density at radius 1 is 1.50 bits per heavy atom. The fourth-order valence-corrected chi connectivity index (χ4v) is 2.58. The van der Waals surface area contributed by atoms with Crippen LogP contribution in [0.4, 0.5) is 4.79 Å². The largest absolute Gasteiger partial charge is 0.444 e. The van der Waals surface area contributed by atoms with Gasteiger partial charge in [-0.25, -0.2) is 9.78 Å². The van der Waals surface area contributed by atoms with Gasteiger partial charge in [-0.3, -0.25) is 0 Å². The Labute approximate surface area is 120 Å². The Kier molecular flexibility index (Phi) is 4.35. The first kappa shape index (κ1) is 14.9. The number of carbonyl (C=O) groups excluding carboxylic acids is 1. The van der Waals surface area contributed by atoms with E-state index >= 15 is 0 Å². The molecule has 1 saturated heterocycles. The summed E-state index contributed by atoms with van der Waals surface area (Å²) >= 11 is 0. The molecule has 1 aliphatic rings. The van der Waals surface area contributed by atoms with Crippen molar-refractivity contribution in [2.45, 2.75) is 52.7 Å². The first-order valence-corrected chi connectivity index (χ1v) is 7.30.